The molecule has 0 saturated carbocycles. The van der Waals surface area contributed by atoms with E-state index in [-0.39, 0.29) is 5.78 Å². The van der Waals surface area contributed by atoms with Crippen LogP contribution in [0.15, 0.2) is 152 Å². The van der Waals surface area contributed by atoms with Gasteiger partial charge in [0.2, 0.25) is 5.78 Å². The Bertz CT molecular complexity index is 2840. The summed E-state index contributed by atoms with van der Waals surface area (Å²) in [4.78, 5) is 16.6. The van der Waals surface area contributed by atoms with Gasteiger partial charge in [0.05, 0.1) is 50.7 Å². The summed E-state index contributed by atoms with van der Waals surface area (Å²) in [5.41, 5.74) is -27.9. The van der Waals surface area contributed by atoms with Crippen molar-refractivity contribution in [3.8, 4) is 0 Å². The highest BCUT2D eigenvalue weighted by Gasteiger charge is 2.47. The van der Waals surface area contributed by atoms with Crippen molar-refractivity contribution in [2.24, 2.45) is 0 Å². The highest BCUT2D eigenvalue weighted by Crippen LogP contribution is 2.41. The van der Waals surface area contributed by atoms with Crippen LogP contribution in [0.5, 0.6) is 0 Å². The quantitative estimate of drug-likeness (QED) is 0.0658. The predicted octanol–water partition coefficient (Wildman–Crippen LogP) is 13.9. The third kappa shape index (κ3) is 13.8. The molecule has 0 bridgehead atoms. The summed E-state index contributed by atoms with van der Waals surface area (Å²) in [5, 5.41) is 0. The molecule has 0 fully saturated rings. The molecule has 0 radical (unpaired) electrons. The Balaban J connectivity index is 0.000000387. The average molecular weight is 1140 g/mol. The molecule has 0 unspecified atom stereocenters. The summed E-state index contributed by atoms with van der Waals surface area (Å²) in [6.45, 7) is 0.721. The molecule has 0 atom stereocenters. The van der Waals surface area contributed by atoms with Crippen molar-refractivity contribution in [1.82, 2.24) is 4.98 Å². The molecule has 1 heterocycles. The third-order valence-corrected chi connectivity index (χ3v) is 11.7. The van der Waals surface area contributed by atoms with Gasteiger partial charge in [0.25, 0.3) is 0 Å². The fourth-order valence-electron chi connectivity index (χ4n) is 8.25. The molecule has 6 aromatic carbocycles. The van der Waals surface area contributed by atoms with Crippen LogP contribution in [-0.4, -0.2) is 16.9 Å². The lowest BCUT2D eigenvalue weighted by Gasteiger charge is -2.46. The van der Waals surface area contributed by atoms with E-state index in [1.54, 1.807) is 24.5 Å². The van der Waals surface area contributed by atoms with Crippen molar-refractivity contribution in [2.75, 3.05) is 0 Å². The Morgan fingerprint density at radius 1 is 0.372 bits per heavy atom. The van der Waals surface area contributed by atoms with Crippen molar-refractivity contribution >= 4 is 33.8 Å². The molecular weight excluding hydrogens is 1110 g/mol. The number of ketones is 1. The Kier molecular flexibility index (Phi) is 16.1. The molecule has 0 aliphatic carbocycles. The van der Waals surface area contributed by atoms with Gasteiger partial charge in [-0.05, 0) is 24.3 Å². The van der Waals surface area contributed by atoms with Gasteiger partial charge in [-0.3, -0.25) is 4.79 Å². The zero-order valence-electron chi connectivity index (χ0n) is 38.1. The van der Waals surface area contributed by atoms with Crippen LogP contribution in [0.3, 0.4) is 0 Å². The van der Waals surface area contributed by atoms with E-state index >= 15 is 0 Å². The van der Waals surface area contributed by atoms with Crippen molar-refractivity contribution in [1.29, 1.82) is 0 Å². The summed E-state index contributed by atoms with van der Waals surface area (Å²) in [5.74, 6) is -0.0574. The van der Waals surface area contributed by atoms with Crippen LogP contribution in [0.25, 0.3) is 0 Å². The molecule has 1 aromatic heterocycles. The third-order valence-electron chi connectivity index (χ3n) is 11.7. The van der Waals surface area contributed by atoms with Gasteiger partial charge in [0, 0.05) is 11.1 Å². The minimum absolute atomic E-state index is 0.0574. The first kappa shape index (κ1) is 59.7. The van der Waals surface area contributed by atoms with E-state index in [9.17, 15) is 110 Å². The monoisotopic (exact) mass is 1140 g/mol. The van der Waals surface area contributed by atoms with E-state index in [0.29, 0.717) is 11.3 Å². The Morgan fingerprint density at radius 2 is 0.628 bits per heavy atom. The number of benzene rings is 6. The molecule has 0 N–H and O–H groups in total. The molecule has 0 saturated heterocycles. The SMILES string of the molecule is FC(F)(F)c1cc([B-](c2cc(C(F)(F)F)cc(C(F)(F)F)c2)(c2cc(C(F)(F)F)cc(C(F)(F)F)c2)c2cc(C(F)(F)F)cc(C(F)(F)F)c2)cc(C(F)(F)F)c1.O=C(c1ccccc1)c1c[n+](Cc2ccccc2)ccn1. The Labute approximate surface area is 422 Å². The van der Waals surface area contributed by atoms with E-state index in [1.807, 2.05) is 47.2 Å². The van der Waals surface area contributed by atoms with E-state index in [1.165, 1.54) is 5.56 Å². The lowest BCUT2D eigenvalue weighted by molar-refractivity contribution is -0.689. The minimum atomic E-state index is -6.13. The van der Waals surface area contributed by atoms with Crippen LogP contribution in [0.1, 0.15) is 66.1 Å². The number of carbonyl (C=O) groups excluding carboxylic acids is 1. The van der Waals surface area contributed by atoms with Crippen molar-refractivity contribution in [3.05, 3.63) is 213 Å². The summed E-state index contributed by atoms with van der Waals surface area (Å²) in [6, 6.07) is 10.5. The molecule has 0 aliphatic rings. The van der Waals surface area contributed by atoms with Gasteiger partial charge < -0.3 is 0 Å². The first-order valence-corrected chi connectivity index (χ1v) is 21.4. The number of rotatable bonds is 8. The predicted molar refractivity (Wildman–Crippen MR) is 230 cm³/mol. The number of hydrogen-bond donors (Lipinski definition) is 0. The van der Waals surface area contributed by atoms with Crippen LogP contribution >= 0.6 is 0 Å². The van der Waals surface area contributed by atoms with Gasteiger partial charge in [0.1, 0.15) is 6.15 Å². The standard InChI is InChI=1S/C32H12BF24.C18H15N2O/c34-25(35,36)13-1-14(26(37,38)39)6-21(5-13)33(22-7-15(27(40,41)42)2-16(8-22)28(43,44)45,23-9-17(29(46,47)48)3-18(10-23)30(49,50)51)24-11-19(31(52,53)54)4-20(12-24)32(55,56)57;21-18(16-9-5-2-6-10-16)17-14-20(12-11-19-17)13-15-7-3-1-4-8-15/h1-12H;1-12,14H,13H2/q-1;+1. The van der Waals surface area contributed by atoms with Gasteiger partial charge in [-0.1, -0.05) is 109 Å². The maximum Gasteiger partial charge on any atom is 0.416 e. The molecule has 28 heteroatoms. The summed E-state index contributed by atoms with van der Waals surface area (Å²) < 4.78 is 343. The number of nitrogens with zero attached hydrogens (tertiary/aromatic N) is 2. The highest BCUT2D eigenvalue weighted by atomic mass is 19.4. The lowest BCUT2D eigenvalue weighted by Crippen LogP contribution is -2.75. The summed E-state index contributed by atoms with van der Waals surface area (Å²) >= 11 is 0. The van der Waals surface area contributed by atoms with Gasteiger partial charge in [-0.2, -0.15) is 132 Å². The van der Waals surface area contributed by atoms with Crippen LogP contribution in [-0.2, 0) is 56.0 Å². The zero-order chi connectivity index (χ0) is 58.4. The number of halogens is 24. The maximum absolute atomic E-state index is 14.2. The first-order chi connectivity index (χ1) is 35.6. The molecule has 0 spiro atoms. The molecule has 7 aromatic rings. The van der Waals surface area contributed by atoms with Crippen LogP contribution in [0, 0.1) is 0 Å². The highest BCUT2D eigenvalue weighted by molar-refractivity contribution is 7.20. The molecule has 414 valence electrons. The van der Waals surface area contributed by atoms with E-state index in [0.717, 1.165) is 6.54 Å². The van der Waals surface area contributed by atoms with Crippen LogP contribution < -0.4 is 26.4 Å². The second-order valence-electron chi connectivity index (χ2n) is 17.0. The molecule has 78 heavy (non-hydrogen) atoms. The Hall–Kier alpha value is -7.55. The molecule has 0 amide bonds. The van der Waals surface area contributed by atoms with E-state index < -0.39 is 195 Å². The van der Waals surface area contributed by atoms with Crippen molar-refractivity contribution in [2.45, 2.75) is 56.0 Å². The molecule has 7 rings (SSSR count). The largest absolute Gasteiger partial charge is 0.416 e. The van der Waals surface area contributed by atoms with Gasteiger partial charge in [-0.15, -0.1) is 0 Å². The normalized spacial score (nSPS) is 13.2. The lowest BCUT2D eigenvalue weighted by atomic mass is 9.12. The number of alkyl halides is 24. The van der Waals surface area contributed by atoms with E-state index in [2.05, 4.69) is 17.1 Å². The van der Waals surface area contributed by atoms with Gasteiger partial charge in [-0.25, -0.2) is 4.98 Å². The number of hydrogen-bond acceptors (Lipinski definition) is 2. The van der Waals surface area contributed by atoms with Gasteiger partial charge >= 0.3 is 49.4 Å². The smallest absolute Gasteiger partial charge is 0.287 e. The number of carbonyl (C=O) groups is 1. The summed E-state index contributed by atoms with van der Waals surface area (Å²) in [6.07, 6.45) is -49.5. The van der Waals surface area contributed by atoms with Crippen LogP contribution in [0.4, 0.5) is 105 Å². The van der Waals surface area contributed by atoms with Gasteiger partial charge in [0.15, 0.2) is 24.6 Å². The second-order valence-corrected chi connectivity index (χ2v) is 17.0. The van der Waals surface area contributed by atoms with E-state index in [4.69, 9.17) is 0 Å². The maximum atomic E-state index is 14.2. The number of aromatic nitrogens is 2. The minimum Gasteiger partial charge on any atom is -0.287 e. The average Bonchev–Trinajstić information content (AvgIpc) is 3.51. The second kappa shape index (κ2) is 21.0. The molecular formula is C50H27BF24N2O. The molecule has 3 nitrogen and oxygen atoms in total. The topological polar surface area (TPSA) is 33.8 Å². The zero-order valence-corrected chi connectivity index (χ0v) is 38.1. The summed E-state index contributed by atoms with van der Waals surface area (Å²) in [7, 11) is 0. The molecule has 0 aliphatic heterocycles. The fourth-order valence-corrected chi connectivity index (χ4v) is 8.25. The van der Waals surface area contributed by atoms with Crippen LogP contribution in [0.2, 0.25) is 0 Å². The van der Waals surface area contributed by atoms with Crippen molar-refractivity contribution < 1.29 is 115 Å². The Morgan fingerprint density at radius 3 is 0.885 bits per heavy atom. The van der Waals surface area contributed by atoms with Crippen molar-refractivity contribution in [3.63, 3.8) is 0 Å². The fraction of sp³-hybridized carbons (Fsp3) is 0.180. The first-order valence-electron chi connectivity index (χ1n) is 21.4.